The maximum absolute atomic E-state index is 4.26. The summed E-state index contributed by atoms with van der Waals surface area (Å²) in [6.45, 7) is 8.85. The first kappa shape index (κ1) is 9.90. The van der Waals surface area contributed by atoms with Crippen molar-refractivity contribution in [1.82, 2.24) is 10.2 Å². The summed E-state index contributed by atoms with van der Waals surface area (Å²) in [6, 6.07) is 0. The molecule has 4 heteroatoms. The second kappa shape index (κ2) is 3.50. The molecule has 0 unspecified atom stereocenters. The van der Waals surface area contributed by atoms with E-state index >= 15 is 0 Å². The van der Waals surface area contributed by atoms with Crippen molar-refractivity contribution in [3.63, 3.8) is 0 Å². The van der Waals surface area contributed by atoms with Gasteiger partial charge in [0.05, 0.1) is 0 Å². The molecule has 1 aromatic rings. The van der Waals surface area contributed by atoms with Crippen molar-refractivity contribution in [1.29, 1.82) is 0 Å². The molecule has 1 saturated heterocycles. The summed E-state index contributed by atoms with van der Waals surface area (Å²) >= 11 is 1.74. The summed E-state index contributed by atoms with van der Waals surface area (Å²) in [7, 11) is 0. The van der Waals surface area contributed by atoms with Crippen LogP contribution in [0.5, 0.6) is 0 Å². The molecule has 78 valence electrons. The van der Waals surface area contributed by atoms with Gasteiger partial charge in [-0.2, -0.15) is 0 Å². The third-order valence-electron chi connectivity index (χ3n) is 2.43. The first-order valence-corrected chi connectivity index (χ1v) is 5.98. The van der Waals surface area contributed by atoms with Gasteiger partial charge in [-0.05, 0) is 12.8 Å². The number of aromatic nitrogens is 2. The van der Waals surface area contributed by atoms with Crippen LogP contribution in [0.25, 0.3) is 0 Å². The maximum atomic E-state index is 4.26. The standard InChI is InChI=1S/C10H17N3S/c1-10(2,3)8-11-12-9(14-8)13-6-4-5-7-13/h4-7H2,1-3H3. The van der Waals surface area contributed by atoms with Gasteiger partial charge < -0.3 is 4.90 Å². The van der Waals surface area contributed by atoms with E-state index in [1.807, 2.05) is 0 Å². The lowest BCUT2D eigenvalue weighted by Crippen LogP contribution is -2.17. The third kappa shape index (κ3) is 1.90. The highest BCUT2D eigenvalue weighted by Gasteiger charge is 2.22. The Bertz CT molecular complexity index is 307. The van der Waals surface area contributed by atoms with Gasteiger partial charge in [0.2, 0.25) is 5.13 Å². The van der Waals surface area contributed by atoms with Gasteiger partial charge in [0, 0.05) is 18.5 Å². The molecule has 0 amide bonds. The van der Waals surface area contributed by atoms with Gasteiger partial charge in [-0.25, -0.2) is 0 Å². The smallest absolute Gasteiger partial charge is 0.208 e. The van der Waals surface area contributed by atoms with E-state index in [0.717, 1.165) is 23.2 Å². The molecule has 0 atom stereocenters. The SMILES string of the molecule is CC(C)(C)c1nnc(N2CCCC2)s1. The van der Waals surface area contributed by atoms with Gasteiger partial charge in [0.25, 0.3) is 0 Å². The van der Waals surface area contributed by atoms with E-state index in [4.69, 9.17) is 0 Å². The van der Waals surface area contributed by atoms with Crippen molar-refractivity contribution in [2.24, 2.45) is 0 Å². The van der Waals surface area contributed by atoms with Gasteiger partial charge >= 0.3 is 0 Å². The van der Waals surface area contributed by atoms with E-state index in [2.05, 4.69) is 35.9 Å². The average Bonchev–Trinajstić information content (AvgIpc) is 2.73. The maximum Gasteiger partial charge on any atom is 0.208 e. The number of hydrogen-bond acceptors (Lipinski definition) is 4. The number of hydrogen-bond donors (Lipinski definition) is 0. The van der Waals surface area contributed by atoms with E-state index in [9.17, 15) is 0 Å². The van der Waals surface area contributed by atoms with E-state index in [1.54, 1.807) is 11.3 Å². The molecule has 0 aromatic carbocycles. The molecule has 0 saturated carbocycles. The zero-order valence-electron chi connectivity index (χ0n) is 9.08. The van der Waals surface area contributed by atoms with Crippen molar-refractivity contribution in [2.75, 3.05) is 18.0 Å². The topological polar surface area (TPSA) is 29.0 Å². The molecule has 3 nitrogen and oxygen atoms in total. The molecule has 1 aliphatic rings. The molecule has 0 N–H and O–H groups in total. The van der Waals surface area contributed by atoms with Crippen LogP contribution in [0.4, 0.5) is 5.13 Å². The van der Waals surface area contributed by atoms with Crippen LogP contribution in [0.3, 0.4) is 0 Å². The summed E-state index contributed by atoms with van der Waals surface area (Å²) in [4.78, 5) is 2.34. The molecular formula is C10H17N3S. The van der Waals surface area contributed by atoms with E-state index in [0.29, 0.717) is 0 Å². The molecule has 0 radical (unpaired) electrons. The number of anilines is 1. The zero-order valence-corrected chi connectivity index (χ0v) is 9.89. The van der Waals surface area contributed by atoms with Gasteiger partial charge in [-0.15, -0.1) is 10.2 Å². The van der Waals surface area contributed by atoms with Crippen molar-refractivity contribution >= 4 is 16.5 Å². The molecule has 1 aromatic heterocycles. The largest absolute Gasteiger partial charge is 0.347 e. The quantitative estimate of drug-likeness (QED) is 0.714. The van der Waals surface area contributed by atoms with Gasteiger partial charge in [0.15, 0.2) is 0 Å². The summed E-state index contributed by atoms with van der Waals surface area (Å²) < 4.78 is 0. The Labute approximate surface area is 89.2 Å². The molecule has 2 heterocycles. The lowest BCUT2D eigenvalue weighted by atomic mass is 9.98. The average molecular weight is 211 g/mol. The van der Waals surface area contributed by atoms with Crippen molar-refractivity contribution in [3.05, 3.63) is 5.01 Å². The van der Waals surface area contributed by atoms with Crippen LogP contribution in [0, 0.1) is 0 Å². The molecule has 0 spiro atoms. The Morgan fingerprint density at radius 1 is 1.14 bits per heavy atom. The van der Waals surface area contributed by atoms with Crippen LogP contribution < -0.4 is 4.90 Å². The summed E-state index contributed by atoms with van der Waals surface area (Å²) in [5, 5.41) is 10.8. The highest BCUT2D eigenvalue weighted by molar-refractivity contribution is 7.15. The summed E-state index contributed by atoms with van der Waals surface area (Å²) in [5.41, 5.74) is 0.135. The van der Waals surface area contributed by atoms with Crippen LogP contribution in [-0.2, 0) is 5.41 Å². The van der Waals surface area contributed by atoms with E-state index in [1.165, 1.54) is 12.8 Å². The molecule has 1 fully saturated rings. The molecule has 1 aliphatic heterocycles. The second-order valence-corrected chi connectivity index (χ2v) is 5.79. The first-order chi connectivity index (χ1) is 6.57. The Kier molecular flexibility index (Phi) is 2.47. The van der Waals surface area contributed by atoms with Crippen molar-refractivity contribution in [3.8, 4) is 0 Å². The second-order valence-electron chi connectivity index (χ2n) is 4.83. The molecule has 2 rings (SSSR count). The fourth-order valence-corrected chi connectivity index (χ4v) is 2.51. The minimum atomic E-state index is 0.135. The van der Waals surface area contributed by atoms with Crippen LogP contribution in [-0.4, -0.2) is 23.3 Å². The Hall–Kier alpha value is -0.640. The third-order valence-corrected chi connectivity index (χ3v) is 3.84. The highest BCUT2D eigenvalue weighted by Crippen LogP contribution is 2.30. The van der Waals surface area contributed by atoms with Crippen LogP contribution >= 0.6 is 11.3 Å². The van der Waals surface area contributed by atoms with Gasteiger partial charge in [0.1, 0.15) is 5.01 Å². The van der Waals surface area contributed by atoms with E-state index < -0.39 is 0 Å². The molecule has 0 aliphatic carbocycles. The fraction of sp³-hybridized carbons (Fsp3) is 0.800. The normalized spacial score (nSPS) is 17.8. The predicted molar refractivity (Wildman–Crippen MR) is 60.1 cm³/mol. The van der Waals surface area contributed by atoms with Gasteiger partial charge in [-0.3, -0.25) is 0 Å². The summed E-state index contributed by atoms with van der Waals surface area (Å²) in [5.74, 6) is 0. The van der Waals surface area contributed by atoms with E-state index in [-0.39, 0.29) is 5.41 Å². The lowest BCUT2D eigenvalue weighted by molar-refractivity contribution is 0.578. The fourth-order valence-electron chi connectivity index (χ4n) is 1.55. The molecule has 14 heavy (non-hydrogen) atoms. The predicted octanol–water partition coefficient (Wildman–Crippen LogP) is 2.44. The first-order valence-electron chi connectivity index (χ1n) is 5.16. The Balaban J connectivity index is 2.17. The Morgan fingerprint density at radius 3 is 2.29 bits per heavy atom. The molecule has 0 bridgehead atoms. The number of nitrogens with zero attached hydrogens (tertiary/aromatic N) is 3. The van der Waals surface area contributed by atoms with Crippen LogP contribution in [0.2, 0.25) is 0 Å². The minimum absolute atomic E-state index is 0.135. The van der Waals surface area contributed by atoms with Crippen LogP contribution in [0.1, 0.15) is 38.6 Å². The highest BCUT2D eigenvalue weighted by atomic mass is 32.1. The van der Waals surface area contributed by atoms with Crippen molar-refractivity contribution in [2.45, 2.75) is 39.0 Å². The minimum Gasteiger partial charge on any atom is -0.347 e. The number of rotatable bonds is 1. The Morgan fingerprint density at radius 2 is 1.79 bits per heavy atom. The zero-order chi connectivity index (χ0) is 10.2. The monoisotopic (exact) mass is 211 g/mol. The lowest BCUT2D eigenvalue weighted by Gasteiger charge is -2.14. The molecular weight excluding hydrogens is 194 g/mol. The van der Waals surface area contributed by atoms with Gasteiger partial charge in [-0.1, -0.05) is 32.1 Å². The van der Waals surface area contributed by atoms with Crippen molar-refractivity contribution < 1.29 is 0 Å². The van der Waals surface area contributed by atoms with Crippen LogP contribution in [0.15, 0.2) is 0 Å². The summed E-state index contributed by atoms with van der Waals surface area (Å²) in [6.07, 6.45) is 2.59.